The Bertz CT molecular complexity index is 660. The van der Waals surface area contributed by atoms with Crippen molar-refractivity contribution in [2.24, 2.45) is 5.41 Å². The maximum atomic E-state index is 12.7. The van der Waals surface area contributed by atoms with Crippen LogP contribution in [-0.4, -0.2) is 51.6 Å². The van der Waals surface area contributed by atoms with E-state index >= 15 is 0 Å². The number of hydrogen-bond donors (Lipinski definition) is 0. The summed E-state index contributed by atoms with van der Waals surface area (Å²) in [6, 6.07) is 6.63. The highest BCUT2D eigenvalue weighted by molar-refractivity contribution is 7.86. The molecule has 8 heteroatoms. The summed E-state index contributed by atoms with van der Waals surface area (Å²) >= 11 is 5.90. The number of methoxy groups -OCH3 is 1. The molecule has 24 heavy (non-hydrogen) atoms. The molecule has 0 saturated heterocycles. The molecule has 0 aromatic heterocycles. The van der Waals surface area contributed by atoms with Crippen LogP contribution in [0.15, 0.2) is 24.3 Å². The van der Waals surface area contributed by atoms with Gasteiger partial charge in [0.15, 0.2) is 0 Å². The van der Waals surface area contributed by atoms with E-state index in [-0.39, 0.29) is 17.5 Å². The van der Waals surface area contributed by atoms with Gasteiger partial charge in [-0.05, 0) is 31.5 Å². The Labute approximate surface area is 148 Å². The normalized spacial score (nSPS) is 12.0. The first-order valence-electron chi connectivity index (χ1n) is 7.42. The molecule has 0 unspecified atom stereocenters. The van der Waals surface area contributed by atoms with Gasteiger partial charge in [0, 0.05) is 26.1 Å². The topological polar surface area (TPSA) is 72.9 Å². The fraction of sp³-hybridized carbons (Fsp3) is 0.562. The van der Waals surface area contributed by atoms with E-state index in [1.165, 1.54) is 0 Å². The van der Waals surface area contributed by atoms with Crippen molar-refractivity contribution in [1.29, 1.82) is 0 Å². The summed E-state index contributed by atoms with van der Waals surface area (Å²) in [7, 11) is -2.03. The van der Waals surface area contributed by atoms with E-state index in [0.717, 1.165) is 11.8 Å². The highest BCUT2D eigenvalue weighted by Crippen LogP contribution is 2.23. The Morgan fingerprint density at radius 2 is 2.00 bits per heavy atom. The van der Waals surface area contributed by atoms with Crippen LogP contribution in [0.5, 0.6) is 5.75 Å². The molecule has 1 aromatic carbocycles. The molecule has 136 valence electrons. The van der Waals surface area contributed by atoms with Crippen molar-refractivity contribution in [3.8, 4) is 5.75 Å². The average Bonchev–Trinajstić information content (AvgIpc) is 2.49. The molecule has 0 atom stereocenters. The molecule has 0 heterocycles. The van der Waals surface area contributed by atoms with Gasteiger partial charge in [-0.25, -0.2) is 0 Å². The van der Waals surface area contributed by atoms with Crippen LogP contribution in [0, 0.1) is 5.41 Å². The first kappa shape index (κ1) is 20.7. The van der Waals surface area contributed by atoms with Gasteiger partial charge in [-0.3, -0.25) is 4.79 Å². The van der Waals surface area contributed by atoms with Gasteiger partial charge >= 0.3 is 10.1 Å². The number of carbonyl (C=O) groups excluding carboxylic acids is 1. The Balaban J connectivity index is 2.98. The Kier molecular flexibility index (Phi) is 7.51. The number of alkyl halides is 1. The summed E-state index contributed by atoms with van der Waals surface area (Å²) in [5.74, 6) is 0.321. The van der Waals surface area contributed by atoms with Crippen LogP contribution in [0.4, 0.5) is 0 Å². The lowest BCUT2D eigenvalue weighted by molar-refractivity contribution is -0.140. The minimum absolute atomic E-state index is 0.0935. The van der Waals surface area contributed by atoms with Crippen molar-refractivity contribution in [3.63, 3.8) is 0 Å². The van der Waals surface area contributed by atoms with E-state index in [1.807, 2.05) is 0 Å². The second-order valence-corrected chi connectivity index (χ2v) is 8.01. The van der Waals surface area contributed by atoms with Crippen molar-refractivity contribution in [2.45, 2.75) is 20.4 Å². The lowest BCUT2D eigenvalue weighted by Crippen LogP contribution is -2.43. The second kappa shape index (κ2) is 8.69. The van der Waals surface area contributed by atoms with Crippen LogP contribution in [0.1, 0.15) is 19.4 Å². The van der Waals surface area contributed by atoms with Crippen molar-refractivity contribution >= 4 is 27.6 Å². The van der Waals surface area contributed by atoms with Gasteiger partial charge in [-0.1, -0.05) is 12.1 Å². The number of halogens is 1. The Morgan fingerprint density at radius 1 is 1.33 bits per heavy atom. The number of carbonyl (C=O) groups is 1. The van der Waals surface area contributed by atoms with Crippen molar-refractivity contribution in [3.05, 3.63) is 29.8 Å². The number of rotatable bonds is 9. The molecule has 1 aromatic rings. The van der Waals surface area contributed by atoms with Gasteiger partial charge < -0.3 is 13.8 Å². The van der Waals surface area contributed by atoms with Gasteiger partial charge in [-0.15, -0.1) is 11.6 Å². The van der Waals surface area contributed by atoms with Gasteiger partial charge in [0.05, 0.1) is 18.3 Å². The Morgan fingerprint density at radius 3 is 2.54 bits per heavy atom. The third-order valence-electron chi connectivity index (χ3n) is 3.29. The predicted molar refractivity (Wildman–Crippen MR) is 93.7 cm³/mol. The van der Waals surface area contributed by atoms with Crippen LogP contribution in [-0.2, 0) is 26.2 Å². The van der Waals surface area contributed by atoms with Gasteiger partial charge in [0.25, 0.3) is 0 Å². The smallest absolute Gasteiger partial charge is 0.306 e. The molecule has 0 N–H and O–H groups in total. The molecule has 0 aliphatic heterocycles. The van der Waals surface area contributed by atoms with Gasteiger partial charge in [-0.2, -0.15) is 8.42 Å². The Hall–Kier alpha value is -1.31. The molecule has 0 radical (unpaired) electrons. The summed E-state index contributed by atoms with van der Waals surface area (Å²) in [5.41, 5.74) is 0.0573. The molecule has 1 rings (SSSR count). The molecule has 6 nitrogen and oxygen atoms in total. The summed E-state index contributed by atoms with van der Waals surface area (Å²) < 4.78 is 32.4. The SMILES string of the molecule is COCCN(Cc1cccc(OS(C)(=O)=O)c1)C(=O)C(C)(C)CCl. The minimum Gasteiger partial charge on any atom is -0.383 e. The highest BCUT2D eigenvalue weighted by atomic mass is 35.5. The van der Waals surface area contributed by atoms with Gasteiger partial charge in [0.2, 0.25) is 5.91 Å². The second-order valence-electron chi connectivity index (χ2n) is 6.17. The predicted octanol–water partition coefficient (Wildman–Crippen LogP) is 2.27. The standard InChI is InChI=1S/C16H24ClNO5S/c1-16(2,12-17)15(19)18(8-9-22-3)11-13-6-5-7-14(10-13)23-24(4,20)21/h5-7,10H,8-9,11-12H2,1-4H3. The third kappa shape index (κ3) is 6.67. The monoisotopic (exact) mass is 377 g/mol. The molecule has 0 spiro atoms. The van der Waals surface area contributed by atoms with Crippen LogP contribution in [0.2, 0.25) is 0 Å². The lowest BCUT2D eigenvalue weighted by atomic mass is 9.94. The molecular weight excluding hydrogens is 354 g/mol. The van der Waals surface area contributed by atoms with Crippen molar-refractivity contribution in [2.75, 3.05) is 32.4 Å². The zero-order chi connectivity index (χ0) is 18.4. The fourth-order valence-electron chi connectivity index (χ4n) is 2.03. The number of amides is 1. The van der Waals surface area contributed by atoms with E-state index in [0.29, 0.717) is 19.7 Å². The summed E-state index contributed by atoms with van der Waals surface area (Å²) in [5, 5.41) is 0. The maximum Gasteiger partial charge on any atom is 0.306 e. The molecule has 1 amide bonds. The van der Waals surface area contributed by atoms with E-state index in [4.69, 9.17) is 20.5 Å². The van der Waals surface area contributed by atoms with E-state index in [2.05, 4.69) is 0 Å². The molecule has 0 aliphatic carbocycles. The highest BCUT2D eigenvalue weighted by Gasteiger charge is 2.31. The first-order chi connectivity index (χ1) is 11.1. The summed E-state index contributed by atoms with van der Waals surface area (Å²) in [6.07, 6.45) is 0.983. The van der Waals surface area contributed by atoms with Crippen LogP contribution < -0.4 is 4.18 Å². The quantitative estimate of drug-likeness (QED) is 0.487. The van der Waals surface area contributed by atoms with Crippen LogP contribution >= 0.6 is 11.6 Å². The zero-order valence-corrected chi connectivity index (χ0v) is 16.0. The fourth-order valence-corrected chi connectivity index (χ4v) is 2.60. The number of hydrogen-bond acceptors (Lipinski definition) is 5. The molecule has 0 bridgehead atoms. The van der Waals surface area contributed by atoms with Crippen molar-refractivity contribution < 1.29 is 22.1 Å². The molecular formula is C16H24ClNO5S. The van der Waals surface area contributed by atoms with E-state index in [1.54, 1.807) is 50.1 Å². The molecule has 0 aliphatic rings. The number of benzene rings is 1. The third-order valence-corrected chi connectivity index (χ3v) is 4.45. The van der Waals surface area contributed by atoms with E-state index < -0.39 is 15.5 Å². The van der Waals surface area contributed by atoms with Crippen molar-refractivity contribution in [1.82, 2.24) is 4.90 Å². The van der Waals surface area contributed by atoms with Crippen LogP contribution in [0.3, 0.4) is 0 Å². The summed E-state index contributed by atoms with van der Waals surface area (Å²) in [4.78, 5) is 14.3. The molecule has 0 fully saturated rings. The van der Waals surface area contributed by atoms with E-state index in [9.17, 15) is 13.2 Å². The average molecular weight is 378 g/mol. The van der Waals surface area contributed by atoms with Gasteiger partial charge in [0.1, 0.15) is 5.75 Å². The number of ether oxygens (including phenoxy) is 1. The van der Waals surface area contributed by atoms with Crippen LogP contribution in [0.25, 0.3) is 0 Å². The zero-order valence-electron chi connectivity index (χ0n) is 14.4. The number of nitrogens with zero attached hydrogens (tertiary/aromatic N) is 1. The first-order valence-corrected chi connectivity index (χ1v) is 9.77. The minimum atomic E-state index is -3.60. The largest absolute Gasteiger partial charge is 0.383 e. The maximum absolute atomic E-state index is 12.7. The lowest BCUT2D eigenvalue weighted by Gasteiger charge is -2.30. The summed E-state index contributed by atoms with van der Waals surface area (Å²) in [6.45, 7) is 4.68. The molecule has 0 saturated carbocycles.